The predicted octanol–water partition coefficient (Wildman–Crippen LogP) is 1.37. The number of methoxy groups -OCH3 is 1. The van der Waals surface area contributed by atoms with E-state index in [-0.39, 0.29) is 31.2 Å². The molecule has 2 atom stereocenters. The van der Waals surface area contributed by atoms with Crippen LogP contribution in [0, 0.1) is 0 Å². The fourth-order valence-electron chi connectivity index (χ4n) is 3.93. The topological polar surface area (TPSA) is 114 Å². The van der Waals surface area contributed by atoms with Crippen molar-refractivity contribution in [2.24, 2.45) is 0 Å². The number of likely N-dealkylation sites (N-methyl/N-ethyl adjacent to an activating group) is 1. The monoisotopic (exact) mass is 525 g/mol. The molecule has 1 saturated heterocycles. The van der Waals surface area contributed by atoms with Crippen LogP contribution in [0.15, 0.2) is 28.8 Å². The number of rotatable bonds is 12. The highest BCUT2D eigenvalue weighted by Crippen LogP contribution is 2.46. The molecule has 3 heterocycles. The molecule has 1 aromatic heterocycles. The van der Waals surface area contributed by atoms with Crippen molar-refractivity contribution in [3.05, 3.63) is 33.7 Å². The van der Waals surface area contributed by atoms with Crippen molar-refractivity contribution in [3.63, 3.8) is 0 Å². The lowest BCUT2D eigenvalue weighted by atomic mass is 9.98. The number of hydrogen-bond acceptors (Lipinski definition) is 10. The number of nitrogens with one attached hydrogen (secondary N) is 1. The minimum atomic E-state index is -1.60. The van der Waals surface area contributed by atoms with Gasteiger partial charge in [0.05, 0.1) is 6.42 Å². The van der Waals surface area contributed by atoms with Crippen molar-refractivity contribution in [2.45, 2.75) is 38.3 Å². The zero-order valence-electron chi connectivity index (χ0n) is 20.3. The zero-order chi connectivity index (χ0) is 25.6. The third-order valence-electron chi connectivity index (χ3n) is 5.85. The Hall–Kier alpha value is -2.41. The summed E-state index contributed by atoms with van der Waals surface area (Å²) in [6.45, 7) is 7.52. The predicted molar refractivity (Wildman–Crippen MR) is 131 cm³/mol. The Bertz CT molecular complexity index is 978. The second-order valence-electron chi connectivity index (χ2n) is 7.98. The molecule has 0 spiro atoms. The molecule has 0 saturated carbocycles. The molecule has 0 aromatic carbocycles. The van der Waals surface area contributed by atoms with Crippen molar-refractivity contribution < 1.29 is 33.4 Å². The van der Waals surface area contributed by atoms with Gasteiger partial charge in [-0.3, -0.25) is 19.3 Å². The Morgan fingerprint density at radius 3 is 2.60 bits per heavy atom. The van der Waals surface area contributed by atoms with Crippen molar-refractivity contribution >= 4 is 46.9 Å². The third-order valence-corrected chi connectivity index (χ3v) is 8.10. The largest absolute Gasteiger partial charge is 0.461 e. The Balaban J connectivity index is 1.79. The summed E-state index contributed by atoms with van der Waals surface area (Å²) >= 11 is 2.76. The first-order chi connectivity index (χ1) is 16.8. The van der Waals surface area contributed by atoms with E-state index in [1.165, 1.54) is 42.0 Å². The number of esters is 2. The molecule has 12 heteroatoms. The maximum absolute atomic E-state index is 13.4. The summed E-state index contributed by atoms with van der Waals surface area (Å²) in [6, 6.07) is 3.69. The first-order valence-electron chi connectivity index (χ1n) is 11.4. The minimum Gasteiger partial charge on any atom is -0.461 e. The summed E-state index contributed by atoms with van der Waals surface area (Å²) in [6.07, 6.45) is 0.112. The van der Waals surface area contributed by atoms with Crippen LogP contribution in [0.4, 0.5) is 0 Å². The highest BCUT2D eigenvalue weighted by molar-refractivity contribution is 8.00. The van der Waals surface area contributed by atoms with Gasteiger partial charge in [0.15, 0.2) is 0 Å². The number of nitrogens with zero attached hydrogens (tertiary/aromatic N) is 2. The molecule has 192 valence electrons. The van der Waals surface area contributed by atoms with Crippen LogP contribution in [0.2, 0.25) is 0 Å². The molecule has 1 aromatic rings. The van der Waals surface area contributed by atoms with Crippen LogP contribution < -0.4 is 5.32 Å². The summed E-state index contributed by atoms with van der Waals surface area (Å²) in [5, 5.41) is 3.93. The van der Waals surface area contributed by atoms with Crippen molar-refractivity contribution in [2.75, 3.05) is 45.7 Å². The number of thioether (sulfide) groups is 1. The first-order valence-corrected chi connectivity index (χ1v) is 13.3. The fourth-order valence-corrected chi connectivity index (χ4v) is 6.05. The van der Waals surface area contributed by atoms with Gasteiger partial charge < -0.3 is 24.4 Å². The van der Waals surface area contributed by atoms with Gasteiger partial charge >= 0.3 is 11.9 Å². The van der Waals surface area contributed by atoms with E-state index in [2.05, 4.69) is 10.2 Å². The molecule has 3 rings (SSSR count). The zero-order valence-corrected chi connectivity index (χ0v) is 22.0. The van der Waals surface area contributed by atoms with Gasteiger partial charge in [0.1, 0.15) is 24.3 Å². The smallest absolute Gasteiger partial charge is 0.355 e. The Labute approximate surface area is 212 Å². The Kier molecular flexibility index (Phi) is 9.34. The molecule has 0 aliphatic carbocycles. The molecule has 35 heavy (non-hydrogen) atoms. The van der Waals surface area contributed by atoms with Crippen LogP contribution >= 0.6 is 23.1 Å². The minimum absolute atomic E-state index is 0.0414. The van der Waals surface area contributed by atoms with Crippen LogP contribution in [0.1, 0.15) is 25.6 Å². The Morgan fingerprint density at radius 2 is 2.00 bits per heavy atom. The fraction of sp³-hybridized carbons (Fsp3) is 0.565. The summed E-state index contributed by atoms with van der Waals surface area (Å²) in [5.41, 5.74) is -1.09. The summed E-state index contributed by atoms with van der Waals surface area (Å²) in [5.74, 6) is -1.81. The van der Waals surface area contributed by atoms with E-state index in [4.69, 9.17) is 14.2 Å². The SMILES string of the molecule is CCN(CC)CCOC(=O)C1=C(COC(C)=O)CS[C@H]2N1C(=O)[C@]2(NC(=O)Cc1cccs1)OC. The number of thiophene rings is 1. The normalized spacial score (nSPS) is 21.5. The average Bonchev–Trinajstić information content (AvgIpc) is 3.35. The van der Waals surface area contributed by atoms with Crippen molar-refractivity contribution in [1.82, 2.24) is 15.1 Å². The number of ether oxygens (including phenoxy) is 3. The highest BCUT2D eigenvalue weighted by atomic mass is 32.2. The molecular formula is C23H31N3O7S2. The van der Waals surface area contributed by atoms with Gasteiger partial charge in [-0.25, -0.2) is 4.79 Å². The molecule has 1 N–H and O–H groups in total. The van der Waals surface area contributed by atoms with Gasteiger partial charge in [-0.05, 0) is 24.5 Å². The van der Waals surface area contributed by atoms with Crippen LogP contribution in [-0.4, -0.2) is 90.4 Å². The third kappa shape index (κ3) is 5.88. The van der Waals surface area contributed by atoms with Gasteiger partial charge in [0, 0.05) is 36.8 Å². The molecule has 2 aliphatic rings. The first kappa shape index (κ1) is 27.2. The van der Waals surface area contributed by atoms with Gasteiger partial charge in [-0.2, -0.15) is 0 Å². The number of amides is 2. The molecular weight excluding hydrogens is 494 g/mol. The van der Waals surface area contributed by atoms with Gasteiger partial charge in [0.2, 0.25) is 5.91 Å². The number of carbonyl (C=O) groups excluding carboxylic acids is 4. The average molecular weight is 526 g/mol. The molecule has 2 aliphatic heterocycles. The summed E-state index contributed by atoms with van der Waals surface area (Å²) < 4.78 is 16.2. The van der Waals surface area contributed by atoms with Gasteiger partial charge in [0.25, 0.3) is 11.6 Å². The highest BCUT2D eigenvalue weighted by Gasteiger charge is 2.66. The van der Waals surface area contributed by atoms with Crippen LogP contribution in [0.25, 0.3) is 0 Å². The van der Waals surface area contributed by atoms with Crippen LogP contribution in [0.5, 0.6) is 0 Å². The maximum Gasteiger partial charge on any atom is 0.355 e. The lowest BCUT2D eigenvalue weighted by molar-refractivity contribution is -0.193. The van der Waals surface area contributed by atoms with Gasteiger partial charge in [-0.15, -0.1) is 23.1 Å². The molecule has 0 unspecified atom stereocenters. The van der Waals surface area contributed by atoms with Crippen molar-refractivity contribution in [3.8, 4) is 0 Å². The number of fused-ring (bicyclic) bond motifs is 1. The van der Waals surface area contributed by atoms with E-state index in [1.54, 1.807) is 0 Å². The van der Waals surface area contributed by atoms with E-state index in [1.807, 2.05) is 31.4 Å². The lowest BCUT2D eigenvalue weighted by Gasteiger charge is -2.55. The van der Waals surface area contributed by atoms with E-state index in [0.29, 0.717) is 17.9 Å². The van der Waals surface area contributed by atoms with Crippen LogP contribution in [-0.2, 0) is 39.8 Å². The maximum atomic E-state index is 13.4. The number of β-lactam (4-membered cyclic amide) rings is 1. The summed E-state index contributed by atoms with van der Waals surface area (Å²) in [7, 11) is 1.35. The second-order valence-corrected chi connectivity index (χ2v) is 10.1. The standard InChI is InChI=1S/C23H31N3O7S2/c1-5-25(6-2)9-10-32-20(29)19-16(13-33-15(3)27)14-35-22-23(31-4,21(30)26(19)22)24-18(28)12-17-8-7-11-34-17/h7-8,11,22H,5-6,9-10,12-14H2,1-4H3,(H,24,28)/t22-,23+/m1/s1. The second kappa shape index (κ2) is 12.0. The molecule has 2 amide bonds. The quantitative estimate of drug-likeness (QED) is 0.245. The molecule has 10 nitrogen and oxygen atoms in total. The lowest BCUT2D eigenvalue weighted by Crippen LogP contribution is -2.80. The van der Waals surface area contributed by atoms with Crippen molar-refractivity contribution in [1.29, 1.82) is 0 Å². The van der Waals surface area contributed by atoms with Crippen LogP contribution in [0.3, 0.4) is 0 Å². The van der Waals surface area contributed by atoms with E-state index >= 15 is 0 Å². The van der Waals surface area contributed by atoms with Gasteiger partial charge in [-0.1, -0.05) is 19.9 Å². The Morgan fingerprint density at radius 1 is 1.26 bits per heavy atom. The van der Waals surface area contributed by atoms with E-state index in [9.17, 15) is 19.2 Å². The number of hydrogen-bond donors (Lipinski definition) is 1. The molecule has 0 bridgehead atoms. The van der Waals surface area contributed by atoms with E-state index in [0.717, 1.165) is 18.0 Å². The van der Waals surface area contributed by atoms with E-state index < -0.39 is 28.9 Å². The molecule has 1 fully saturated rings. The summed E-state index contributed by atoms with van der Waals surface area (Å²) in [4.78, 5) is 54.8. The number of carbonyl (C=O) groups is 4. The molecule has 0 radical (unpaired) electrons.